The summed E-state index contributed by atoms with van der Waals surface area (Å²) < 4.78 is 1.74. The van der Waals surface area contributed by atoms with Crippen LogP contribution in [0.5, 0.6) is 0 Å². The summed E-state index contributed by atoms with van der Waals surface area (Å²) in [4.78, 5) is 11.6. The van der Waals surface area contributed by atoms with E-state index in [0.29, 0.717) is 12.5 Å². The highest BCUT2D eigenvalue weighted by atomic mass is 32.1. The van der Waals surface area contributed by atoms with Crippen LogP contribution < -0.4 is 5.32 Å². The maximum Gasteiger partial charge on any atom is 0.227 e. The third-order valence-electron chi connectivity index (χ3n) is 3.89. The number of hydrogen-bond donors (Lipinski definition) is 2. The second kappa shape index (κ2) is 4.92. The summed E-state index contributed by atoms with van der Waals surface area (Å²) in [5, 5.41) is 18.0. The van der Waals surface area contributed by atoms with Crippen molar-refractivity contribution < 1.29 is 5.11 Å². The van der Waals surface area contributed by atoms with E-state index in [1.54, 1.807) is 29.1 Å². The van der Waals surface area contributed by atoms with E-state index in [9.17, 15) is 5.11 Å². The summed E-state index contributed by atoms with van der Waals surface area (Å²) in [6.45, 7) is 2.19. The molecule has 0 radical (unpaired) electrons. The van der Waals surface area contributed by atoms with Crippen LogP contribution in [0.4, 0.5) is 5.95 Å². The molecule has 2 N–H and O–H groups in total. The molecule has 7 heteroatoms. The lowest BCUT2D eigenvalue weighted by Gasteiger charge is -2.11. The van der Waals surface area contributed by atoms with E-state index >= 15 is 0 Å². The van der Waals surface area contributed by atoms with Gasteiger partial charge in [-0.3, -0.25) is 0 Å². The molecule has 0 saturated carbocycles. The summed E-state index contributed by atoms with van der Waals surface area (Å²) in [7, 11) is 0. The zero-order valence-corrected chi connectivity index (χ0v) is 12.7. The molecule has 21 heavy (non-hydrogen) atoms. The Hall–Kier alpha value is -1.73. The number of fused-ring (bicyclic) bond motifs is 5. The van der Waals surface area contributed by atoms with Crippen LogP contribution in [-0.2, 0) is 12.8 Å². The van der Waals surface area contributed by atoms with Crippen molar-refractivity contribution in [3.63, 3.8) is 0 Å². The van der Waals surface area contributed by atoms with E-state index in [1.165, 1.54) is 23.3 Å². The van der Waals surface area contributed by atoms with Crippen LogP contribution in [-0.4, -0.2) is 37.3 Å². The van der Waals surface area contributed by atoms with Crippen molar-refractivity contribution in [2.24, 2.45) is 0 Å². The molecule has 3 aromatic heterocycles. The van der Waals surface area contributed by atoms with Crippen molar-refractivity contribution in [3.8, 4) is 0 Å². The fourth-order valence-electron chi connectivity index (χ4n) is 2.92. The lowest BCUT2D eigenvalue weighted by Crippen LogP contribution is -2.18. The Morgan fingerprint density at radius 1 is 1.43 bits per heavy atom. The average Bonchev–Trinajstić information content (AvgIpc) is 3.07. The van der Waals surface area contributed by atoms with Gasteiger partial charge in [0, 0.05) is 11.4 Å². The normalized spacial score (nSPS) is 16.3. The number of aromatic nitrogens is 4. The highest BCUT2D eigenvalue weighted by Crippen LogP contribution is 2.37. The van der Waals surface area contributed by atoms with E-state index in [4.69, 9.17) is 4.98 Å². The third kappa shape index (κ3) is 2.08. The Labute approximate surface area is 125 Å². The van der Waals surface area contributed by atoms with Gasteiger partial charge in [-0.2, -0.15) is 9.61 Å². The first-order chi connectivity index (χ1) is 10.2. The molecule has 1 unspecified atom stereocenters. The van der Waals surface area contributed by atoms with Crippen molar-refractivity contribution >= 4 is 33.1 Å². The first kappa shape index (κ1) is 13.0. The summed E-state index contributed by atoms with van der Waals surface area (Å²) in [6.07, 6.45) is 5.89. The van der Waals surface area contributed by atoms with Crippen LogP contribution in [0, 0.1) is 0 Å². The van der Waals surface area contributed by atoms with E-state index in [1.807, 2.05) is 0 Å². The molecule has 1 aliphatic carbocycles. The Kier molecular flexibility index (Phi) is 3.04. The number of aliphatic hydroxyl groups is 1. The second-order valence-electron chi connectivity index (χ2n) is 5.55. The molecule has 110 valence electrons. The zero-order chi connectivity index (χ0) is 14.4. The molecule has 6 nitrogen and oxygen atoms in total. The van der Waals surface area contributed by atoms with Crippen molar-refractivity contribution in [1.82, 2.24) is 19.6 Å². The molecule has 1 aliphatic rings. The zero-order valence-electron chi connectivity index (χ0n) is 11.8. The quantitative estimate of drug-likeness (QED) is 0.774. The Morgan fingerprint density at radius 3 is 3.14 bits per heavy atom. The molecule has 0 amide bonds. The number of rotatable bonds is 3. The smallest absolute Gasteiger partial charge is 0.227 e. The molecule has 3 aromatic rings. The summed E-state index contributed by atoms with van der Waals surface area (Å²) >= 11 is 1.77. The van der Waals surface area contributed by atoms with Gasteiger partial charge in [-0.25, -0.2) is 9.97 Å². The predicted molar refractivity (Wildman–Crippen MR) is 83.0 cm³/mol. The van der Waals surface area contributed by atoms with Crippen LogP contribution in [0.2, 0.25) is 0 Å². The van der Waals surface area contributed by atoms with Crippen LogP contribution in [0.15, 0.2) is 6.33 Å². The minimum atomic E-state index is -0.433. The van der Waals surface area contributed by atoms with Gasteiger partial charge in [-0.05, 0) is 38.2 Å². The molecule has 0 aliphatic heterocycles. The van der Waals surface area contributed by atoms with E-state index in [2.05, 4.69) is 15.4 Å². The maximum atomic E-state index is 9.45. The van der Waals surface area contributed by atoms with Crippen molar-refractivity contribution in [1.29, 1.82) is 0 Å². The van der Waals surface area contributed by atoms with E-state index in [0.717, 1.165) is 28.7 Å². The topological polar surface area (TPSA) is 75.3 Å². The van der Waals surface area contributed by atoms with Gasteiger partial charge in [0.15, 0.2) is 5.65 Å². The largest absolute Gasteiger partial charge is 0.392 e. The molecule has 1 atom stereocenters. The van der Waals surface area contributed by atoms with E-state index < -0.39 is 6.10 Å². The van der Waals surface area contributed by atoms with Gasteiger partial charge < -0.3 is 10.4 Å². The molecule has 0 bridgehead atoms. The van der Waals surface area contributed by atoms with Gasteiger partial charge in [0.25, 0.3) is 0 Å². The standard InChI is InChI=1S/C14H17N5OS/c1-8(20)6-15-14-18-13-11(12-16-7-17-19(12)14)9-4-2-3-5-10(9)21-13/h7-8,20H,2-6H2,1H3,(H,15,18). The number of aliphatic hydroxyl groups excluding tert-OH is 1. The van der Waals surface area contributed by atoms with Gasteiger partial charge >= 0.3 is 0 Å². The van der Waals surface area contributed by atoms with Gasteiger partial charge in [0.2, 0.25) is 5.95 Å². The molecule has 0 saturated heterocycles. The first-order valence-corrected chi connectivity index (χ1v) is 8.11. The number of anilines is 1. The molecule has 0 spiro atoms. The van der Waals surface area contributed by atoms with Crippen molar-refractivity contribution in [3.05, 3.63) is 16.8 Å². The Morgan fingerprint density at radius 2 is 2.29 bits per heavy atom. The molecular weight excluding hydrogens is 286 g/mol. The number of thiophene rings is 1. The maximum absolute atomic E-state index is 9.45. The minimum absolute atomic E-state index is 0.433. The Bertz CT molecular complexity index is 807. The lowest BCUT2D eigenvalue weighted by molar-refractivity contribution is 0.208. The van der Waals surface area contributed by atoms with Gasteiger partial charge in [0.05, 0.1) is 11.5 Å². The van der Waals surface area contributed by atoms with Crippen LogP contribution >= 0.6 is 11.3 Å². The monoisotopic (exact) mass is 303 g/mol. The number of aryl methyl sites for hydroxylation is 2. The minimum Gasteiger partial charge on any atom is -0.392 e. The summed E-state index contributed by atoms with van der Waals surface area (Å²) in [5.74, 6) is 0.648. The molecule has 0 aromatic carbocycles. The highest BCUT2D eigenvalue weighted by Gasteiger charge is 2.21. The molecule has 3 heterocycles. The summed E-state index contributed by atoms with van der Waals surface area (Å²) in [5.41, 5.74) is 2.28. The van der Waals surface area contributed by atoms with Crippen LogP contribution in [0.3, 0.4) is 0 Å². The first-order valence-electron chi connectivity index (χ1n) is 7.30. The van der Waals surface area contributed by atoms with Crippen LogP contribution in [0.1, 0.15) is 30.2 Å². The third-order valence-corrected chi connectivity index (χ3v) is 5.07. The Balaban J connectivity index is 1.93. The fraction of sp³-hybridized carbons (Fsp3) is 0.500. The molecule has 0 fully saturated rings. The molecule has 4 rings (SSSR count). The number of nitrogens with zero attached hydrogens (tertiary/aromatic N) is 4. The van der Waals surface area contributed by atoms with Crippen molar-refractivity contribution in [2.45, 2.75) is 38.7 Å². The van der Waals surface area contributed by atoms with Gasteiger partial charge in [-0.1, -0.05) is 0 Å². The summed E-state index contributed by atoms with van der Waals surface area (Å²) in [6, 6.07) is 0. The SMILES string of the molecule is CC(O)CNc1nc2sc3c(c2c2ncnn12)CCCC3. The van der Waals surface area contributed by atoms with E-state index in [-0.39, 0.29) is 0 Å². The predicted octanol–water partition coefficient (Wildman–Crippen LogP) is 2.01. The molecular formula is C14H17N5OS. The van der Waals surface area contributed by atoms with Gasteiger partial charge in [-0.15, -0.1) is 11.3 Å². The second-order valence-corrected chi connectivity index (χ2v) is 6.64. The van der Waals surface area contributed by atoms with Crippen LogP contribution in [0.25, 0.3) is 15.9 Å². The van der Waals surface area contributed by atoms with Crippen molar-refractivity contribution in [2.75, 3.05) is 11.9 Å². The number of hydrogen-bond acceptors (Lipinski definition) is 6. The number of nitrogens with one attached hydrogen (secondary N) is 1. The highest BCUT2D eigenvalue weighted by molar-refractivity contribution is 7.19. The lowest BCUT2D eigenvalue weighted by atomic mass is 9.97. The average molecular weight is 303 g/mol. The fourth-order valence-corrected chi connectivity index (χ4v) is 4.18. The van der Waals surface area contributed by atoms with Gasteiger partial charge in [0.1, 0.15) is 11.2 Å².